The summed E-state index contributed by atoms with van der Waals surface area (Å²) in [7, 11) is 0. The Labute approximate surface area is 141 Å². The van der Waals surface area contributed by atoms with E-state index in [1.165, 1.54) is 10.5 Å². The second kappa shape index (κ2) is 8.18. The van der Waals surface area contributed by atoms with Gasteiger partial charge in [-0.15, -0.1) is 11.8 Å². The van der Waals surface area contributed by atoms with Crippen molar-refractivity contribution in [1.82, 2.24) is 10.6 Å². The molecule has 1 aliphatic heterocycles. The lowest BCUT2D eigenvalue weighted by Crippen LogP contribution is -2.42. The summed E-state index contributed by atoms with van der Waals surface area (Å²) in [6.07, 6.45) is 2.02. The van der Waals surface area contributed by atoms with Crippen LogP contribution in [0.2, 0.25) is 0 Å². The Balaban J connectivity index is 1.52. The molecule has 1 saturated heterocycles. The first-order valence-electron chi connectivity index (χ1n) is 8.09. The van der Waals surface area contributed by atoms with Crippen molar-refractivity contribution in [1.29, 1.82) is 0 Å². The van der Waals surface area contributed by atoms with E-state index in [0.29, 0.717) is 6.04 Å². The van der Waals surface area contributed by atoms with Gasteiger partial charge in [-0.25, -0.2) is 0 Å². The zero-order valence-corrected chi connectivity index (χ0v) is 13.9. The Morgan fingerprint density at radius 3 is 2.43 bits per heavy atom. The molecule has 2 N–H and O–H groups in total. The normalized spacial score (nSPS) is 15.3. The van der Waals surface area contributed by atoms with E-state index in [4.69, 9.17) is 0 Å². The maximum atomic E-state index is 12.3. The second-order valence-electron chi connectivity index (χ2n) is 5.80. The molecule has 0 saturated carbocycles. The molecule has 120 valence electrons. The van der Waals surface area contributed by atoms with E-state index in [0.717, 1.165) is 37.2 Å². The maximum absolute atomic E-state index is 12.3. The number of amides is 1. The first kappa shape index (κ1) is 16.1. The summed E-state index contributed by atoms with van der Waals surface area (Å²) < 4.78 is 0. The molecule has 0 bridgehead atoms. The van der Waals surface area contributed by atoms with Gasteiger partial charge in [-0.05, 0) is 55.8 Å². The van der Waals surface area contributed by atoms with Crippen LogP contribution in [0.25, 0.3) is 0 Å². The standard InChI is InChI=1S/C19H22N2OS/c22-19(21-17-10-12-20-13-11-17)16-8-6-15(7-9-16)14-23-18-4-2-1-3-5-18/h1-9,17,20H,10-14H2,(H,21,22). The highest BCUT2D eigenvalue weighted by atomic mass is 32.2. The number of thioether (sulfide) groups is 1. The number of carbonyl (C=O) groups excluding carboxylic acids is 1. The number of piperidine rings is 1. The number of rotatable bonds is 5. The summed E-state index contributed by atoms with van der Waals surface area (Å²) in [5, 5.41) is 6.44. The monoisotopic (exact) mass is 326 g/mol. The average Bonchev–Trinajstić information content (AvgIpc) is 2.62. The molecule has 4 heteroatoms. The number of hydrogen-bond donors (Lipinski definition) is 2. The Kier molecular flexibility index (Phi) is 5.72. The number of hydrogen-bond acceptors (Lipinski definition) is 3. The zero-order chi connectivity index (χ0) is 15.9. The van der Waals surface area contributed by atoms with Gasteiger partial charge in [0.05, 0.1) is 0 Å². The highest BCUT2D eigenvalue weighted by Crippen LogP contribution is 2.22. The molecule has 0 atom stereocenters. The fraction of sp³-hybridized carbons (Fsp3) is 0.316. The maximum Gasteiger partial charge on any atom is 0.251 e. The van der Waals surface area contributed by atoms with Gasteiger partial charge in [-0.2, -0.15) is 0 Å². The fourth-order valence-electron chi connectivity index (χ4n) is 2.67. The Morgan fingerprint density at radius 2 is 1.74 bits per heavy atom. The van der Waals surface area contributed by atoms with Crippen molar-refractivity contribution in [2.24, 2.45) is 0 Å². The van der Waals surface area contributed by atoms with Crippen molar-refractivity contribution in [2.75, 3.05) is 13.1 Å². The molecule has 1 fully saturated rings. The third-order valence-electron chi connectivity index (χ3n) is 4.04. The summed E-state index contributed by atoms with van der Waals surface area (Å²) in [6, 6.07) is 18.6. The minimum Gasteiger partial charge on any atom is -0.349 e. The van der Waals surface area contributed by atoms with Crippen LogP contribution in [-0.4, -0.2) is 25.0 Å². The van der Waals surface area contributed by atoms with Crippen molar-refractivity contribution in [3.05, 3.63) is 65.7 Å². The van der Waals surface area contributed by atoms with Crippen LogP contribution in [0.1, 0.15) is 28.8 Å². The summed E-state index contributed by atoms with van der Waals surface area (Å²) >= 11 is 1.81. The van der Waals surface area contributed by atoms with Crippen molar-refractivity contribution < 1.29 is 4.79 Å². The summed E-state index contributed by atoms with van der Waals surface area (Å²) in [4.78, 5) is 13.5. The van der Waals surface area contributed by atoms with E-state index in [2.05, 4.69) is 34.9 Å². The van der Waals surface area contributed by atoms with Gasteiger partial charge in [0.25, 0.3) is 5.91 Å². The summed E-state index contributed by atoms with van der Waals surface area (Å²) in [6.45, 7) is 1.97. The molecule has 23 heavy (non-hydrogen) atoms. The smallest absolute Gasteiger partial charge is 0.251 e. The average molecular weight is 326 g/mol. The molecule has 2 aromatic rings. The van der Waals surface area contributed by atoms with E-state index < -0.39 is 0 Å². The minimum absolute atomic E-state index is 0.0409. The van der Waals surface area contributed by atoms with Crippen LogP contribution in [0.5, 0.6) is 0 Å². The third kappa shape index (κ3) is 4.85. The van der Waals surface area contributed by atoms with E-state index in [1.54, 1.807) is 0 Å². The van der Waals surface area contributed by atoms with Gasteiger partial charge >= 0.3 is 0 Å². The molecule has 3 rings (SSSR count). The quantitative estimate of drug-likeness (QED) is 0.827. The Bertz CT molecular complexity index is 622. The lowest BCUT2D eigenvalue weighted by molar-refractivity contribution is 0.0929. The van der Waals surface area contributed by atoms with Gasteiger partial charge in [0.15, 0.2) is 0 Å². The molecule has 3 nitrogen and oxygen atoms in total. The van der Waals surface area contributed by atoms with Crippen LogP contribution in [-0.2, 0) is 5.75 Å². The molecule has 0 aromatic heterocycles. The van der Waals surface area contributed by atoms with Gasteiger partial charge in [0.1, 0.15) is 0 Å². The van der Waals surface area contributed by atoms with Crippen molar-refractivity contribution >= 4 is 17.7 Å². The largest absolute Gasteiger partial charge is 0.349 e. The Morgan fingerprint density at radius 1 is 1.04 bits per heavy atom. The van der Waals surface area contributed by atoms with Crippen LogP contribution in [0.3, 0.4) is 0 Å². The van der Waals surface area contributed by atoms with Crippen molar-refractivity contribution in [3.8, 4) is 0 Å². The van der Waals surface area contributed by atoms with Crippen LogP contribution in [0, 0.1) is 0 Å². The van der Waals surface area contributed by atoms with E-state index >= 15 is 0 Å². The first-order valence-corrected chi connectivity index (χ1v) is 9.08. The van der Waals surface area contributed by atoms with E-state index in [-0.39, 0.29) is 5.91 Å². The first-order chi connectivity index (χ1) is 11.3. The molecule has 0 unspecified atom stereocenters. The fourth-order valence-corrected chi connectivity index (χ4v) is 3.55. The van der Waals surface area contributed by atoms with Gasteiger partial charge in [0, 0.05) is 22.3 Å². The molecular formula is C19H22N2OS. The van der Waals surface area contributed by atoms with E-state index in [1.807, 2.05) is 42.1 Å². The molecule has 1 aliphatic rings. The molecule has 1 amide bonds. The van der Waals surface area contributed by atoms with Crippen LogP contribution < -0.4 is 10.6 Å². The topological polar surface area (TPSA) is 41.1 Å². The number of carbonyl (C=O) groups is 1. The SMILES string of the molecule is O=C(NC1CCNCC1)c1ccc(CSc2ccccc2)cc1. The lowest BCUT2D eigenvalue weighted by atomic mass is 10.1. The predicted molar refractivity (Wildman–Crippen MR) is 95.8 cm³/mol. The molecule has 0 radical (unpaired) electrons. The minimum atomic E-state index is 0.0409. The molecular weight excluding hydrogens is 304 g/mol. The Hall–Kier alpha value is -1.78. The van der Waals surface area contributed by atoms with Gasteiger partial charge in [-0.3, -0.25) is 4.79 Å². The van der Waals surface area contributed by atoms with Crippen LogP contribution >= 0.6 is 11.8 Å². The third-order valence-corrected chi connectivity index (χ3v) is 5.12. The lowest BCUT2D eigenvalue weighted by Gasteiger charge is -2.23. The highest BCUT2D eigenvalue weighted by molar-refractivity contribution is 7.98. The molecule has 0 aliphatic carbocycles. The number of benzene rings is 2. The second-order valence-corrected chi connectivity index (χ2v) is 6.85. The van der Waals surface area contributed by atoms with Gasteiger partial charge in [0.2, 0.25) is 0 Å². The summed E-state index contributed by atoms with van der Waals surface area (Å²) in [5.74, 6) is 0.958. The van der Waals surface area contributed by atoms with Gasteiger partial charge < -0.3 is 10.6 Å². The molecule has 1 heterocycles. The zero-order valence-electron chi connectivity index (χ0n) is 13.1. The summed E-state index contributed by atoms with van der Waals surface area (Å²) in [5.41, 5.74) is 1.98. The highest BCUT2D eigenvalue weighted by Gasteiger charge is 2.16. The van der Waals surface area contributed by atoms with Crippen molar-refractivity contribution in [2.45, 2.75) is 29.5 Å². The predicted octanol–water partition coefficient (Wildman–Crippen LogP) is 3.46. The van der Waals surface area contributed by atoms with Gasteiger partial charge in [-0.1, -0.05) is 30.3 Å². The molecule has 2 aromatic carbocycles. The number of nitrogens with one attached hydrogen (secondary N) is 2. The van der Waals surface area contributed by atoms with Crippen LogP contribution in [0.4, 0.5) is 0 Å². The molecule has 0 spiro atoms. The van der Waals surface area contributed by atoms with Crippen molar-refractivity contribution in [3.63, 3.8) is 0 Å². The van der Waals surface area contributed by atoms with Crippen LogP contribution in [0.15, 0.2) is 59.5 Å². The van der Waals surface area contributed by atoms with E-state index in [9.17, 15) is 4.79 Å².